The maximum Gasteiger partial charge on any atom is 0.329 e. The number of carbonyl (C=O) groups excluding carboxylic acids is 2. The summed E-state index contributed by atoms with van der Waals surface area (Å²) in [5.74, 6) is -2.10. The topological polar surface area (TPSA) is 70.6 Å². The van der Waals surface area contributed by atoms with Gasteiger partial charge in [0.1, 0.15) is 5.82 Å². The van der Waals surface area contributed by atoms with Crippen LogP contribution in [0, 0.1) is 5.82 Å². The van der Waals surface area contributed by atoms with Crippen LogP contribution in [0.5, 0.6) is 0 Å². The molecule has 0 aliphatic heterocycles. The fourth-order valence-corrected chi connectivity index (χ4v) is 1.75. The van der Waals surface area contributed by atoms with Crippen LogP contribution < -0.4 is 10.7 Å². The second-order valence-corrected chi connectivity index (χ2v) is 5.13. The van der Waals surface area contributed by atoms with Crippen molar-refractivity contribution >= 4 is 39.6 Å². The van der Waals surface area contributed by atoms with Gasteiger partial charge in [-0.25, -0.2) is 9.82 Å². The van der Waals surface area contributed by atoms with Gasteiger partial charge < -0.3 is 5.32 Å². The van der Waals surface area contributed by atoms with Crippen LogP contribution in [0.2, 0.25) is 0 Å². The van der Waals surface area contributed by atoms with Gasteiger partial charge in [0.15, 0.2) is 0 Å². The van der Waals surface area contributed by atoms with Gasteiger partial charge in [-0.2, -0.15) is 5.10 Å². The number of carbonyl (C=O) groups is 2. The first-order valence-electron chi connectivity index (χ1n) is 6.20. The van der Waals surface area contributed by atoms with Crippen molar-refractivity contribution in [2.45, 2.75) is 0 Å². The van der Waals surface area contributed by atoms with Crippen LogP contribution in [0.15, 0.2) is 58.1 Å². The average Bonchev–Trinajstić information content (AvgIpc) is 2.51. The second-order valence-electron chi connectivity index (χ2n) is 4.21. The van der Waals surface area contributed by atoms with Crippen molar-refractivity contribution in [3.05, 3.63) is 64.4 Å². The van der Waals surface area contributed by atoms with Crippen LogP contribution in [0.1, 0.15) is 5.56 Å². The molecule has 0 fully saturated rings. The number of hydrogen-bond donors (Lipinski definition) is 2. The Kier molecular flexibility index (Phi) is 5.37. The van der Waals surface area contributed by atoms with Crippen LogP contribution in [0.25, 0.3) is 0 Å². The van der Waals surface area contributed by atoms with E-state index in [9.17, 15) is 14.0 Å². The first-order valence-corrected chi connectivity index (χ1v) is 6.99. The Hall–Kier alpha value is -2.54. The molecule has 0 aromatic heterocycles. The number of nitrogens with zero attached hydrogens (tertiary/aromatic N) is 1. The zero-order valence-corrected chi connectivity index (χ0v) is 12.8. The Bertz CT molecular complexity index is 700. The van der Waals surface area contributed by atoms with Crippen LogP contribution in [-0.4, -0.2) is 18.0 Å². The molecule has 112 valence electrons. The maximum absolute atomic E-state index is 12.7. The van der Waals surface area contributed by atoms with Gasteiger partial charge in [0, 0.05) is 10.2 Å². The Morgan fingerprint density at radius 2 is 1.64 bits per heavy atom. The molecular weight excluding hydrogens is 353 g/mol. The average molecular weight is 364 g/mol. The van der Waals surface area contributed by atoms with Crippen molar-refractivity contribution in [1.29, 1.82) is 0 Å². The first-order chi connectivity index (χ1) is 10.5. The van der Waals surface area contributed by atoms with Crippen molar-refractivity contribution in [1.82, 2.24) is 5.43 Å². The molecule has 7 heteroatoms. The van der Waals surface area contributed by atoms with E-state index in [0.29, 0.717) is 11.3 Å². The Labute approximate surface area is 134 Å². The third kappa shape index (κ3) is 4.78. The summed E-state index contributed by atoms with van der Waals surface area (Å²) in [6, 6.07) is 12.3. The summed E-state index contributed by atoms with van der Waals surface area (Å²) in [4.78, 5) is 23.2. The SMILES string of the molecule is O=C(N/N=C\c1ccc(F)cc1)C(=O)Nc1ccc(Br)cc1. The van der Waals surface area contributed by atoms with Crippen molar-refractivity contribution < 1.29 is 14.0 Å². The predicted octanol–water partition coefficient (Wildman–Crippen LogP) is 2.68. The van der Waals surface area contributed by atoms with Crippen LogP contribution in [-0.2, 0) is 9.59 Å². The van der Waals surface area contributed by atoms with E-state index >= 15 is 0 Å². The summed E-state index contributed by atoms with van der Waals surface area (Å²) in [5.41, 5.74) is 3.18. The van der Waals surface area contributed by atoms with Crippen molar-refractivity contribution in [2.24, 2.45) is 5.10 Å². The van der Waals surface area contributed by atoms with Gasteiger partial charge in [0.2, 0.25) is 0 Å². The fraction of sp³-hybridized carbons (Fsp3) is 0. The summed E-state index contributed by atoms with van der Waals surface area (Å²) >= 11 is 3.27. The second kappa shape index (κ2) is 7.46. The minimum atomic E-state index is -0.902. The molecule has 0 atom stereocenters. The van der Waals surface area contributed by atoms with E-state index in [1.54, 1.807) is 24.3 Å². The van der Waals surface area contributed by atoms with Crippen molar-refractivity contribution in [3.8, 4) is 0 Å². The van der Waals surface area contributed by atoms with Crippen LogP contribution in [0.3, 0.4) is 0 Å². The number of rotatable bonds is 3. The summed E-state index contributed by atoms with van der Waals surface area (Å²) < 4.78 is 13.6. The van der Waals surface area contributed by atoms with Gasteiger partial charge in [-0.3, -0.25) is 9.59 Å². The molecule has 0 heterocycles. The third-order valence-electron chi connectivity index (χ3n) is 2.56. The van der Waals surface area contributed by atoms with E-state index in [4.69, 9.17) is 0 Å². The molecule has 0 bridgehead atoms. The summed E-state index contributed by atoms with van der Waals surface area (Å²) in [5, 5.41) is 6.06. The molecule has 22 heavy (non-hydrogen) atoms. The molecule has 0 spiro atoms. The van der Waals surface area contributed by atoms with Crippen LogP contribution in [0.4, 0.5) is 10.1 Å². The van der Waals surface area contributed by atoms with Gasteiger partial charge in [0.05, 0.1) is 6.21 Å². The molecule has 0 saturated heterocycles. The highest BCUT2D eigenvalue weighted by molar-refractivity contribution is 9.10. The zero-order valence-electron chi connectivity index (χ0n) is 11.2. The molecule has 0 saturated carbocycles. The number of anilines is 1. The lowest BCUT2D eigenvalue weighted by molar-refractivity contribution is -0.136. The molecule has 5 nitrogen and oxygen atoms in total. The number of halogens is 2. The molecular formula is C15H11BrFN3O2. The van der Waals surface area contributed by atoms with Crippen molar-refractivity contribution in [3.63, 3.8) is 0 Å². The zero-order chi connectivity index (χ0) is 15.9. The largest absolute Gasteiger partial charge is 0.329 e. The number of hydrazone groups is 1. The Balaban J connectivity index is 1.87. The van der Waals surface area contributed by atoms with E-state index in [1.165, 1.54) is 30.5 Å². The molecule has 2 aromatic carbocycles. The highest BCUT2D eigenvalue weighted by atomic mass is 79.9. The van der Waals surface area contributed by atoms with E-state index < -0.39 is 11.8 Å². The Morgan fingerprint density at radius 1 is 1.00 bits per heavy atom. The van der Waals surface area contributed by atoms with E-state index in [0.717, 1.165) is 4.47 Å². The monoisotopic (exact) mass is 363 g/mol. The van der Waals surface area contributed by atoms with Gasteiger partial charge in [-0.15, -0.1) is 0 Å². The molecule has 2 rings (SSSR count). The van der Waals surface area contributed by atoms with E-state index in [2.05, 4.69) is 31.8 Å². The van der Waals surface area contributed by atoms with Gasteiger partial charge >= 0.3 is 11.8 Å². The van der Waals surface area contributed by atoms with E-state index in [-0.39, 0.29) is 5.82 Å². The third-order valence-corrected chi connectivity index (χ3v) is 3.09. The molecule has 2 amide bonds. The maximum atomic E-state index is 12.7. The van der Waals surface area contributed by atoms with Gasteiger partial charge in [-0.1, -0.05) is 28.1 Å². The minimum absolute atomic E-state index is 0.366. The highest BCUT2D eigenvalue weighted by Gasteiger charge is 2.12. The van der Waals surface area contributed by atoms with Crippen LogP contribution >= 0.6 is 15.9 Å². The minimum Gasteiger partial charge on any atom is -0.318 e. The van der Waals surface area contributed by atoms with Gasteiger partial charge in [0.25, 0.3) is 0 Å². The molecule has 0 unspecified atom stereocenters. The summed E-state index contributed by atoms with van der Waals surface area (Å²) in [7, 11) is 0. The van der Waals surface area contributed by atoms with Gasteiger partial charge in [-0.05, 0) is 42.0 Å². The Morgan fingerprint density at radius 3 is 2.27 bits per heavy atom. The molecule has 0 radical (unpaired) electrons. The van der Waals surface area contributed by atoms with E-state index in [1.807, 2.05) is 0 Å². The number of hydrogen-bond acceptors (Lipinski definition) is 3. The summed E-state index contributed by atoms with van der Waals surface area (Å²) in [6.07, 6.45) is 1.31. The predicted molar refractivity (Wildman–Crippen MR) is 84.9 cm³/mol. The highest BCUT2D eigenvalue weighted by Crippen LogP contribution is 2.13. The lowest BCUT2D eigenvalue weighted by Crippen LogP contribution is -2.32. The first kappa shape index (κ1) is 15.8. The normalized spacial score (nSPS) is 10.5. The molecule has 2 aromatic rings. The fourth-order valence-electron chi connectivity index (χ4n) is 1.49. The number of amides is 2. The van der Waals surface area contributed by atoms with Crippen molar-refractivity contribution in [2.75, 3.05) is 5.32 Å². The number of benzene rings is 2. The standard InChI is InChI=1S/C15H11BrFN3O2/c16-11-3-7-13(8-4-11)19-14(21)15(22)20-18-9-10-1-5-12(17)6-2-10/h1-9H,(H,19,21)(H,20,22)/b18-9-. The number of nitrogens with one attached hydrogen (secondary N) is 2. The molecule has 0 aliphatic rings. The lowest BCUT2D eigenvalue weighted by Gasteiger charge is -2.03. The summed E-state index contributed by atoms with van der Waals surface area (Å²) in [6.45, 7) is 0. The smallest absolute Gasteiger partial charge is 0.318 e. The molecule has 0 aliphatic carbocycles. The quantitative estimate of drug-likeness (QED) is 0.500. The lowest BCUT2D eigenvalue weighted by atomic mass is 10.2. The molecule has 2 N–H and O–H groups in total.